The van der Waals surface area contributed by atoms with Crippen molar-refractivity contribution in [2.45, 2.75) is 12.8 Å². The number of hydrogen-bond acceptors (Lipinski definition) is 4. The Hall–Kier alpha value is -3.41. The summed E-state index contributed by atoms with van der Waals surface area (Å²) in [6, 6.07) is 17.6. The van der Waals surface area contributed by atoms with E-state index in [0.717, 1.165) is 41.1 Å². The summed E-state index contributed by atoms with van der Waals surface area (Å²) in [6.07, 6.45) is 5.45. The molecule has 6 nitrogen and oxygen atoms in total. The molecule has 0 aliphatic heterocycles. The van der Waals surface area contributed by atoms with Gasteiger partial charge in [0.1, 0.15) is 11.4 Å². The average molecular weight is 360 g/mol. The highest BCUT2D eigenvalue weighted by atomic mass is 16.5. The molecule has 1 aliphatic rings. The molecule has 1 fully saturated rings. The molecule has 1 aliphatic carbocycles. The molecule has 0 bridgehead atoms. The van der Waals surface area contributed by atoms with Gasteiger partial charge in [-0.15, -0.1) is 0 Å². The van der Waals surface area contributed by atoms with Crippen LogP contribution < -0.4 is 10.2 Å². The smallest absolute Gasteiger partial charge is 0.243 e. The summed E-state index contributed by atoms with van der Waals surface area (Å²) in [6.45, 7) is 0. The lowest BCUT2D eigenvalue weighted by Crippen LogP contribution is -2.18. The second-order valence-electron chi connectivity index (χ2n) is 6.45. The highest BCUT2D eigenvalue weighted by Crippen LogP contribution is 2.29. The van der Waals surface area contributed by atoms with Gasteiger partial charge in [0.15, 0.2) is 0 Å². The number of para-hydroxylation sites is 1. The molecule has 1 heterocycles. The van der Waals surface area contributed by atoms with Crippen LogP contribution in [0.5, 0.6) is 5.75 Å². The number of hydrazone groups is 1. The minimum atomic E-state index is -0.0206. The largest absolute Gasteiger partial charge is 0.497 e. The fraction of sp³-hybridized carbons (Fsp3) is 0.190. The first-order chi connectivity index (χ1) is 13.2. The molecular weight excluding hydrogens is 340 g/mol. The van der Waals surface area contributed by atoms with E-state index >= 15 is 0 Å². The zero-order chi connectivity index (χ0) is 18.6. The van der Waals surface area contributed by atoms with Crippen LogP contribution >= 0.6 is 0 Å². The lowest BCUT2D eigenvalue weighted by atomic mass is 10.1. The molecule has 1 N–H and O–H groups in total. The monoisotopic (exact) mass is 360 g/mol. The van der Waals surface area contributed by atoms with Gasteiger partial charge < -0.3 is 4.74 Å². The van der Waals surface area contributed by atoms with Crippen molar-refractivity contribution in [2.75, 3.05) is 7.11 Å². The predicted octanol–water partition coefficient (Wildman–Crippen LogP) is 3.41. The van der Waals surface area contributed by atoms with Gasteiger partial charge in [-0.2, -0.15) is 10.2 Å². The zero-order valence-corrected chi connectivity index (χ0v) is 15.0. The molecule has 6 heteroatoms. The Morgan fingerprint density at radius 3 is 2.59 bits per heavy atom. The van der Waals surface area contributed by atoms with Gasteiger partial charge in [-0.1, -0.05) is 18.2 Å². The van der Waals surface area contributed by atoms with Gasteiger partial charge in [0.2, 0.25) is 5.91 Å². The minimum Gasteiger partial charge on any atom is -0.497 e. The summed E-state index contributed by atoms with van der Waals surface area (Å²) in [7, 11) is 1.64. The van der Waals surface area contributed by atoms with E-state index in [1.807, 2.05) is 65.5 Å². The van der Waals surface area contributed by atoms with Gasteiger partial charge >= 0.3 is 0 Å². The SMILES string of the molecule is COc1ccc(-c2nn(-c3ccccc3)cc2/C=N/NC(=O)C2CC2)cc1. The van der Waals surface area contributed by atoms with Crippen molar-refractivity contribution in [3.8, 4) is 22.7 Å². The van der Waals surface area contributed by atoms with Gasteiger partial charge in [-0.3, -0.25) is 4.79 Å². The summed E-state index contributed by atoms with van der Waals surface area (Å²) in [4.78, 5) is 11.8. The molecule has 0 saturated heterocycles. The molecule has 136 valence electrons. The maximum absolute atomic E-state index is 11.8. The number of hydrogen-bond donors (Lipinski definition) is 1. The number of carbonyl (C=O) groups is 1. The van der Waals surface area contributed by atoms with Crippen molar-refractivity contribution in [1.29, 1.82) is 0 Å². The molecule has 1 amide bonds. The summed E-state index contributed by atoms with van der Waals surface area (Å²) in [5, 5.41) is 8.85. The molecule has 0 radical (unpaired) electrons. The second-order valence-corrected chi connectivity index (χ2v) is 6.45. The van der Waals surface area contributed by atoms with Crippen LogP contribution in [0.2, 0.25) is 0 Å². The van der Waals surface area contributed by atoms with Crippen LogP contribution in [0.3, 0.4) is 0 Å². The third-order valence-corrected chi connectivity index (χ3v) is 4.45. The van der Waals surface area contributed by atoms with Crippen LogP contribution in [-0.2, 0) is 4.79 Å². The normalized spacial score (nSPS) is 13.7. The molecule has 2 aromatic carbocycles. The van der Waals surface area contributed by atoms with Crippen molar-refractivity contribution >= 4 is 12.1 Å². The lowest BCUT2D eigenvalue weighted by Gasteiger charge is -2.02. The molecule has 0 spiro atoms. The number of nitrogens with zero attached hydrogens (tertiary/aromatic N) is 3. The number of rotatable bonds is 6. The second kappa shape index (κ2) is 7.45. The fourth-order valence-corrected chi connectivity index (χ4v) is 2.77. The predicted molar refractivity (Wildman–Crippen MR) is 104 cm³/mol. The lowest BCUT2D eigenvalue weighted by molar-refractivity contribution is -0.122. The zero-order valence-electron chi connectivity index (χ0n) is 15.0. The Bertz CT molecular complexity index is 958. The highest BCUT2D eigenvalue weighted by Gasteiger charge is 2.29. The summed E-state index contributed by atoms with van der Waals surface area (Å²) >= 11 is 0. The van der Waals surface area contributed by atoms with Crippen LogP contribution in [0.4, 0.5) is 0 Å². The van der Waals surface area contributed by atoms with E-state index in [-0.39, 0.29) is 11.8 Å². The maximum Gasteiger partial charge on any atom is 0.243 e. The maximum atomic E-state index is 11.8. The Morgan fingerprint density at radius 1 is 1.19 bits per heavy atom. The van der Waals surface area contributed by atoms with Crippen LogP contribution in [0.15, 0.2) is 65.9 Å². The number of methoxy groups -OCH3 is 1. The molecule has 27 heavy (non-hydrogen) atoms. The van der Waals surface area contributed by atoms with E-state index in [9.17, 15) is 4.79 Å². The number of carbonyl (C=O) groups excluding carboxylic acids is 1. The summed E-state index contributed by atoms with van der Waals surface area (Å²) < 4.78 is 7.04. The standard InChI is InChI=1S/C21H20N4O2/c1-27-19-11-9-15(10-12-19)20-17(13-22-23-21(26)16-7-8-16)14-25(24-20)18-5-3-2-4-6-18/h2-6,9-14,16H,7-8H2,1H3,(H,23,26)/b22-13+. The quantitative estimate of drug-likeness (QED) is 0.541. The van der Waals surface area contributed by atoms with Gasteiger partial charge in [-0.25, -0.2) is 10.1 Å². The van der Waals surface area contributed by atoms with E-state index in [2.05, 4.69) is 10.5 Å². The van der Waals surface area contributed by atoms with Gasteiger partial charge in [-0.05, 0) is 49.2 Å². The number of nitrogens with one attached hydrogen (secondary N) is 1. The Balaban J connectivity index is 1.66. The minimum absolute atomic E-state index is 0.0206. The molecule has 1 aromatic heterocycles. The van der Waals surface area contributed by atoms with Crippen molar-refractivity contribution in [3.63, 3.8) is 0 Å². The van der Waals surface area contributed by atoms with Gasteiger partial charge in [0.25, 0.3) is 0 Å². The first kappa shape index (κ1) is 17.0. The molecule has 4 rings (SSSR count). The molecule has 1 saturated carbocycles. The van der Waals surface area contributed by atoms with Gasteiger partial charge in [0, 0.05) is 23.2 Å². The molecule has 0 atom stereocenters. The molecular formula is C21H20N4O2. The van der Waals surface area contributed by atoms with E-state index in [4.69, 9.17) is 9.84 Å². The van der Waals surface area contributed by atoms with Crippen LogP contribution in [-0.4, -0.2) is 29.0 Å². The first-order valence-electron chi connectivity index (χ1n) is 8.87. The Labute approximate surface area is 157 Å². The first-order valence-corrected chi connectivity index (χ1v) is 8.87. The Kier molecular flexibility index (Phi) is 4.70. The molecule has 3 aromatic rings. The van der Waals surface area contributed by atoms with E-state index in [0.29, 0.717) is 0 Å². The van der Waals surface area contributed by atoms with Crippen LogP contribution in [0.1, 0.15) is 18.4 Å². The van der Waals surface area contributed by atoms with E-state index in [1.54, 1.807) is 13.3 Å². The third kappa shape index (κ3) is 3.89. The van der Waals surface area contributed by atoms with Crippen molar-refractivity contribution in [3.05, 3.63) is 66.4 Å². The fourth-order valence-electron chi connectivity index (χ4n) is 2.77. The third-order valence-electron chi connectivity index (χ3n) is 4.45. The number of benzene rings is 2. The van der Waals surface area contributed by atoms with E-state index < -0.39 is 0 Å². The molecule has 0 unspecified atom stereocenters. The number of aromatic nitrogens is 2. The highest BCUT2D eigenvalue weighted by molar-refractivity contribution is 5.90. The van der Waals surface area contributed by atoms with Crippen molar-refractivity contribution in [1.82, 2.24) is 15.2 Å². The van der Waals surface area contributed by atoms with Gasteiger partial charge in [0.05, 0.1) is 19.0 Å². The summed E-state index contributed by atoms with van der Waals surface area (Å²) in [5.41, 5.74) is 6.11. The number of amides is 1. The van der Waals surface area contributed by atoms with Crippen molar-refractivity contribution in [2.24, 2.45) is 11.0 Å². The van der Waals surface area contributed by atoms with E-state index in [1.165, 1.54) is 0 Å². The van der Waals surface area contributed by atoms with Crippen molar-refractivity contribution < 1.29 is 9.53 Å². The average Bonchev–Trinajstić information content (AvgIpc) is 3.49. The Morgan fingerprint density at radius 2 is 1.93 bits per heavy atom. The topological polar surface area (TPSA) is 68.5 Å². The summed E-state index contributed by atoms with van der Waals surface area (Å²) in [5.74, 6) is 0.885. The van der Waals surface area contributed by atoms with Crippen LogP contribution in [0.25, 0.3) is 16.9 Å². The number of ether oxygens (including phenoxy) is 1. The van der Waals surface area contributed by atoms with Crippen LogP contribution in [0, 0.1) is 5.92 Å².